The number of carboxylic acids is 1. The van der Waals surface area contributed by atoms with Gasteiger partial charge < -0.3 is 5.11 Å². The van der Waals surface area contributed by atoms with Crippen LogP contribution in [0, 0.1) is 0 Å². The maximum absolute atomic E-state index is 13.4. The van der Waals surface area contributed by atoms with E-state index in [0.29, 0.717) is 0 Å². The predicted molar refractivity (Wildman–Crippen MR) is 51.0 cm³/mol. The van der Waals surface area contributed by atoms with E-state index < -0.39 is 51.9 Å². The molecule has 0 bridgehead atoms. The first-order valence-corrected chi connectivity index (χ1v) is 6.58. The molecule has 2 atom stereocenters. The summed E-state index contributed by atoms with van der Waals surface area (Å²) in [4.78, 5) is 9.87. The van der Waals surface area contributed by atoms with E-state index in [1.165, 1.54) is 0 Å². The number of rotatable bonds is 8. The quantitative estimate of drug-likeness (QED) is 0.440. The molecule has 26 heavy (non-hydrogen) atoms. The van der Waals surface area contributed by atoms with Crippen LogP contribution in [-0.2, 0) is 24.4 Å². The van der Waals surface area contributed by atoms with Gasteiger partial charge in [-0.15, -0.1) is 0 Å². The van der Waals surface area contributed by atoms with Crippen LogP contribution in [0.4, 0.5) is 48.3 Å². The van der Waals surface area contributed by atoms with Crippen LogP contribution < -0.4 is 0 Å². The van der Waals surface area contributed by atoms with Crippen LogP contribution >= 0.6 is 0 Å². The summed E-state index contributed by atoms with van der Waals surface area (Å²) in [6, 6.07) is 0. The lowest BCUT2D eigenvalue weighted by molar-refractivity contribution is -0.518. The molecule has 0 aliphatic rings. The summed E-state index contributed by atoms with van der Waals surface area (Å²) in [5.41, 5.74) is 0. The van der Waals surface area contributed by atoms with Gasteiger partial charge in [-0.05, 0) is 0 Å². The fourth-order valence-electron chi connectivity index (χ4n) is 0.925. The van der Waals surface area contributed by atoms with E-state index in [0.717, 1.165) is 0 Å². The molecule has 0 aromatic rings. The zero-order valence-electron chi connectivity index (χ0n) is 11.1. The lowest BCUT2D eigenvalue weighted by atomic mass is 10.2. The van der Waals surface area contributed by atoms with Crippen molar-refractivity contribution in [1.82, 2.24) is 0 Å². The minimum atomic E-state index is -7.45. The maximum Gasteiger partial charge on any atom is 0.460 e. The van der Waals surface area contributed by atoms with Gasteiger partial charge >= 0.3 is 51.9 Å². The Morgan fingerprint density at radius 3 is 1.54 bits per heavy atom. The lowest BCUT2D eigenvalue weighted by Gasteiger charge is -2.37. The number of alkyl halides is 11. The third kappa shape index (κ3) is 4.26. The Hall–Kier alpha value is -1.47. The van der Waals surface area contributed by atoms with E-state index in [4.69, 9.17) is 9.66 Å². The molecular formula is C7H3F11O7S. The third-order valence-electron chi connectivity index (χ3n) is 2.12. The van der Waals surface area contributed by atoms with Gasteiger partial charge in [-0.3, -0.25) is 14.0 Å². The molecule has 0 aliphatic heterocycles. The van der Waals surface area contributed by atoms with Gasteiger partial charge in [-0.1, -0.05) is 0 Å². The van der Waals surface area contributed by atoms with Crippen molar-refractivity contribution in [2.45, 2.75) is 35.9 Å². The topological polar surface area (TPSA) is 110 Å². The number of aliphatic carboxylic acids is 1. The standard InChI is InChI=1S/C7H3F11O7S/c8-1(2(19)20)24-5(13,14)3(9,4(10,11)12)25-6(15,16)7(17,18)26(21,22)23/h1H,(H,19,20)(H,21,22,23). The number of ether oxygens (including phenoxy) is 2. The summed E-state index contributed by atoms with van der Waals surface area (Å²) in [6.45, 7) is 0. The van der Waals surface area contributed by atoms with Gasteiger partial charge in [-0.2, -0.15) is 52.3 Å². The van der Waals surface area contributed by atoms with Gasteiger partial charge in [0, 0.05) is 0 Å². The molecule has 0 saturated carbocycles. The number of carbonyl (C=O) groups is 1. The molecule has 0 aromatic carbocycles. The summed E-state index contributed by atoms with van der Waals surface area (Å²) in [7, 11) is -7.36. The summed E-state index contributed by atoms with van der Waals surface area (Å²) in [5, 5.41) is 0.713. The molecular weight excluding hydrogens is 437 g/mol. The average Bonchev–Trinajstić information content (AvgIpc) is 2.34. The van der Waals surface area contributed by atoms with Crippen molar-refractivity contribution in [3.63, 3.8) is 0 Å². The molecule has 19 heteroatoms. The summed E-state index contributed by atoms with van der Waals surface area (Å²) >= 11 is 0. The molecule has 0 radical (unpaired) electrons. The highest BCUT2D eigenvalue weighted by atomic mass is 32.2. The number of halogens is 11. The van der Waals surface area contributed by atoms with E-state index in [-0.39, 0.29) is 0 Å². The van der Waals surface area contributed by atoms with Gasteiger partial charge in [0.1, 0.15) is 0 Å². The largest absolute Gasteiger partial charge is 0.477 e. The van der Waals surface area contributed by atoms with Gasteiger partial charge in [0.25, 0.3) is 0 Å². The molecule has 2 unspecified atom stereocenters. The van der Waals surface area contributed by atoms with E-state index in [1.807, 2.05) is 0 Å². The smallest absolute Gasteiger partial charge is 0.460 e. The Labute approximate surface area is 134 Å². The SMILES string of the molecule is O=C(O)C(F)OC(F)(F)C(F)(OC(F)(F)C(F)(F)S(=O)(=O)O)C(F)(F)F. The van der Waals surface area contributed by atoms with Gasteiger partial charge in [0.05, 0.1) is 0 Å². The third-order valence-corrected chi connectivity index (χ3v) is 3.00. The van der Waals surface area contributed by atoms with Crippen molar-refractivity contribution < 1.29 is 80.6 Å². The van der Waals surface area contributed by atoms with Crippen LogP contribution in [0.15, 0.2) is 0 Å². The lowest BCUT2D eigenvalue weighted by Crippen LogP contribution is -2.64. The van der Waals surface area contributed by atoms with Crippen LogP contribution in [0.3, 0.4) is 0 Å². The van der Waals surface area contributed by atoms with Crippen LogP contribution in [0.1, 0.15) is 0 Å². The second-order valence-corrected chi connectivity index (χ2v) is 5.46. The van der Waals surface area contributed by atoms with E-state index in [9.17, 15) is 61.5 Å². The van der Waals surface area contributed by atoms with Crippen molar-refractivity contribution >= 4 is 16.1 Å². The monoisotopic (exact) mass is 440 g/mol. The van der Waals surface area contributed by atoms with Crippen molar-refractivity contribution in [2.75, 3.05) is 0 Å². The minimum Gasteiger partial charge on any atom is -0.477 e. The zero-order chi connectivity index (χ0) is 21.6. The summed E-state index contributed by atoms with van der Waals surface area (Å²) in [6.07, 6.45) is -26.4. The van der Waals surface area contributed by atoms with Crippen LogP contribution in [0.2, 0.25) is 0 Å². The van der Waals surface area contributed by atoms with Gasteiger partial charge in [0.15, 0.2) is 0 Å². The highest BCUT2D eigenvalue weighted by molar-refractivity contribution is 7.86. The number of carboxylic acid groups (broad SMARTS) is 1. The molecule has 0 fully saturated rings. The molecule has 0 aromatic heterocycles. The summed E-state index contributed by atoms with van der Waals surface area (Å²) < 4.78 is 172. The molecule has 0 aliphatic carbocycles. The first kappa shape index (κ1) is 24.5. The molecule has 0 amide bonds. The Balaban J connectivity index is 6.26. The van der Waals surface area contributed by atoms with Crippen LogP contribution in [0.25, 0.3) is 0 Å². The second-order valence-electron chi connectivity index (χ2n) is 3.99. The first-order valence-electron chi connectivity index (χ1n) is 5.14. The van der Waals surface area contributed by atoms with Crippen molar-refractivity contribution in [3.8, 4) is 0 Å². The Morgan fingerprint density at radius 1 is 0.885 bits per heavy atom. The number of hydrogen-bond acceptors (Lipinski definition) is 5. The summed E-state index contributed by atoms with van der Waals surface area (Å²) in [5.74, 6) is -10.5. The molecule has 0 heterocycles. The average molecular weight is 440 g/mol. The zero-order valence-corrected chi connectivity index (χ0v) is 11.9. The molecule has 0 rings (SSSR count). The highest BCUT2D eigenvalue weighted by Crippen LogP contribution is 2.53. The van der Waals surface area contributed by atoms with Crippen LogP contribution in [-0.4, -0.2) is 59.9 Å². The Morgan fingerprint density at radius 2 is 1.27 bits per heavy atom. The van der Waals surface area contributed by atoms with Gasteiger partial charge in [-0.25, -0.2) is 9.18 Å². The van der Waals surface area contributed by atoms with Crippen LogP contribution in [0.5, 0.6) is 0 Å². The van der Waals surface area contributed by atoms with E-state index in [2.05, 4.69) is 4.74 Å². The minimum absolute atomic E-state index is 1.58. The van der Waals surface area contributed by atoms with Crippen molar-refractivity contribution in [3.05, 3.63) is 0 Å². The highest BCUT2D eigenvalue weighted by Gasteiger charge is 2.82. The maximum atomic E-state index is 13.4. The molecule has 156 valence electrons. The Kier molecular flexibility index (Phi) is 6.23. The molecule has 7 nitrogen and oxygen atoms in total. The van der Waals surface area contributed by atoms with Gasteiger partial charge in [0.2, 0.25) is 0 Å². The van der Waals surface area contributed by atoms with E-state index >= 15 is 0 Å². The predicted octanol–water partition coefficient (Wildman–Crippen LogP) is 2.29. The Bertz CT molecular complexity index is 644. The van der Waals surface area contributed by atoms with Crippen molar-refractivity contribution in [2.24, 2.45) is 0 Å². The van der Waals surface area contributed by atoms with E-state index in [1.54, 1.807) is 4.74 Å². The fourth-order valence-corrected chi connectivity index (χ4v) is 1.27. The first-order chi connectivity index (χ1) is 11.0. The normalized spacial score (nSPS) is 18.3. The number of hydrogen-bond donors (Lipinski definition) is 2. The van der Waals surface area contributed by atoms with Crippen molar-refractivity contribution in [1.29, 1.82) is 0 Å². The fraction of sp³-hybridized carbons (Fsp3) is 0.857. The molecule has 2 N–H and O–H groups in total. The molecule has 0 saturated heterocycles. The molecule has 0 spiro atoms. The second kappa shape index (κ2) is 6.60.